The van der Waals surface area contributed by atoms with Crippen LogP contribution >= 0.6 is 0 Å². The van der Waals surface area contributed by atoms with Gasteiger partial charge < -0.3 is 15.7 Å². The molecule has 0 bridgehead atoms. The highest BCUT2D eigenvalue weighted by Gasteiger charge is 2.12. The summed E-state index contributed by atoms with van der Waals surface area (Å²) in [5, 5.41) is 8.72. The number of carboxylic acid groups (broad SMARTS) is 1. The fourth-order valence-corrected chi connectivity index (χ4v) is 1.97. The maximum Gasteiger partial charge on any atom is 0.320 e. The number of nitrogens with two attached hydrogens (primary N) is 1. The minimum Gasteiger partial charge on any atom is -0.480 e. The fraction of sp³-hybridized carbons (Fsp3) is 0.533. The van der Waals surface area contributed by atoms with Gasteiger partial charge in [-0.3, -0.25) is 4.79 Å². The first-order chi connectivity index (χ1) is 9.02. The lowest BCUT2D eigenvalue weighted by molar-refractivity contribution is -0.138. The number of aliphatic carboxylic acids is 1. The van der Waals surface area contributed by atoms with E-state index in [1.807, 2.05) is 7.05 Å². The average Bonchev–Trinajstić information content (AvgIpc) is 2.38. The molecular formula is C15H24N2O2. The third kappa shape index (κ3) is 5.85. The molecule has 4 heteroatoms. The largest absolute Gasteiger partial charge is 0.480 e. The van der Waals surface area contributed by atoms with Crippen LogP contribution in [0.25, 0.3) is 0 Å². The summed E-state index contributed by atoms with van der Waals surface area (Å²) >= 11 is 0. The molecule has 0 saturated carbocycles. The standard InChI is InChI=1S/C15H24N2O2/c1-3-4-12-5-7-13(8-6-12)11-17(2)10-9-14(16)15(18)19/h5-8,14H,3-4,9-11,16H2,1-2H3,(H,18,19). The smallest absolute Gasteiger partial charge is 0.320 e. The summed E-state index contributed by atoms with van der Waals surface area (Å²) in [5.41, 5.74) is 8.09. The van der Waals surface area contributed by atoms with Crippen LogP contribution in [-0.4, -0.2) is 35.6 Å². The van der Waals surface area contributed by atoms with Gasteiger partial charge in [0.15, 0.2) is 0 Å². The van der Waals surface area contributed by atoms with Gasteiger partial charge in [0.25, 0.3) is 0 Å². The zero-order chi connectivity index (χ0) is 14.3. The lowest BCUT2D eigenvalue weighted by Crippen LogP contribution is -2.34. The molecule has 106 valence electrons. The highest BCUT2D eigenvalue weighted by atomic mass is 16.4. The van der Waals surface area contributed by atoms with Crippen molar-refractivity contribution in [1.82, 2.24) is 4.90 Å². The molecule has 0 saturated heterocycles. The Hall–Kier alpha value is -1.39. The molecule has 1 aromatic carbocycles. The van der Waals surface area contributed by atoms with Crippen molar-refractivity contribution in [3.8, 4) is 0 Å². The highest BCUT2D eigenvalue weighted by Crippen LogP contribution is 2.09. The molecule has 3 N–H and O–H groups in total. The van der Waals surface area contributed by atoms with E-state index in [1.165, 1.54) is 11.1 Å². The molecule has 19 heavy (non-hydrogen) atoms. The van der Waals surface area contributed by atoms with E-state index in [4.69, 9.17) is 10.8 Å². The monoisotopic (exact) mass is 264 g/mol. The first kappa shape index (κ1) is 15.7. The summed E-state index contributed by atoms with van der Waals surface area (Å²) in [6, 6.07) is 7.83. The van der Waals surface area contributed by atoms with Crippen LogP contribution in [0.3, 0.4) is 0 Å². The van der Waals surface area contributed by atoms with E-state index in [0.717, 1.165) is 19.4 Å². The van der Waals surface area contributed by atoms with Crippen molar-refractivity contribution in [2.45, 2.75) is 38.8 Å². The van der Waals surface area contributed by atoms with Gasteiger partial charge in [-0.2, -0.15) is 0 Å². The Labute approximate surface area is 115 Å². The van der Waals surface area contributed by atoms with E-state index in [2.05, 4.69) is 36.1 Å². The zero-order valence-corrected chi connectivity index (χ0v) is 11.8. The molecule has 1 atom stereocenters. The molecule has 1 rings (SSSR count). The van der Waals surface area contributed by atoms with Crippen molar-refractivity contribution in [3.63, 3.8) is 0 Å². The Balaban J connectivity index is 2.39. The molecule has 0 spiro atoms. The second kappa shape index (κ2) is 7.92. The van der Waals surface area contributed by atoms with Crippen molar-refractivity contribution >= 4 is 5.97 Å². The molecule has 0 aliphatic heterocycles. The second-order valence-electron chi connectivity index (χ2n) is 5.04. The minimum atomic E-state index is -0.933. The van der Waals surface area contributed by atoms with Gasteiger partial charge >= 0.3 is 5.97 Å². The Bertz CT molecular complexity index is 390. The number of benzene rings is 1. The van der Waals surface area contributed by atoms with Crippen LogP contribution in [0.2, 0.25) is 0 Å². The maximum atomic E-state index is 10.6. The number of aryl methyl sites for hydroxylation is 1. The van der Waals surface area contributed by atoms with Crippen molar-refractivity contribution in [3.05, 3.63) is 35.4 Å². The summed E-state index contributed by atoms with van der Waals surface area (Å²) in [4.78, 5) is 12.7. The van der Waals surface area contributed by atoms with Gasteiger partial charge in [-0.15, -0.1) is 0 Å². The van der Waals surface area contributed by atoms with Crippen molar-refractivity contribution < 1.29 is 9.90 Å². The van der Waals surface area contributed by atoms with Crippen LogP contribution in [0.1, 0.15) is 30.9 Å². The fourth-order valence-electron chi connectivity index (χ4n) is 1.97. The van der Waals surface area contributed by atoms with Gasteiger partial charge in [-0.25, -0.2) is 0 Å². The molecule has 0 aliphatic carbocycles. The molecule has 4 nitrogen and oxygen atoms in total. The zero-order valence-electron chi connectivity index (χ0n) is 11.8. The molecule has 1 unspecified atom stereocenters. The molecule has 0 aliphatic rings. The molecule has 0 fully saturated rings. The summed E-state index contributed by atoms with van der Waals surface area (Å²) < 4.78 is 0. The van der Waals surface area contributed by atoms with Gasteiger partial charge in [-0.1, -0.05) is 37.6 Å². The van der Waals surface area contributed by atoms with E-state index < -0.39 is 12.0 Å². The summed E-state index contributed by atoms with van der Waals surface area (Å²) in [5.74, 6) is -0.933. The summed E-state index contributed by atoms with van der Waals surface area (Å²) in [6.07, 6.45) is 2.75. The number of rotatable bonds is 8. The van der Waals surface area contributed by atoms with E-state index in [0.29, 0.717) is 13.0 Å². The number of carbonyl (C=O) groups is 1. The molecule has 0 amide bonds. The third-order valence-electron chi connectivity index (χ3n) is 3.15. The lowest BCUT2D eigenvalue weighted by Gasteiger charge is -2.18. The summed E-state index contributed by atoms with van der Waals surface area (Å²) in [7, 11) is 1.98. The van der Waals surface area contributed by atoms with Crippen molar-refractivity contribution in [2.24, 2.45) is 5.73 Å². The van der Waals surface area contributed by atoms with Crippen LogP contribution in [0.15, 0.2) is 24.3 Å². The molecule has 1 aromatic rings. The number of carboxylic acids is 1. The Morgan fingerprint density at radius 2 is 1.89 bits per heavy atom. The van der Waals surface area contributed by atoms with Crippen LogP contribution in [0.5, 0.6) is 0 Å². The molecule has 0 radical (unpaired) electrons. The second-order valence-corrected chi connectivity index (χ2v) is 5.04. The Morgan fingerprint density at radius 1 is 1.32 bits per heavy atom. The topological polar surface area (TPSA) is 66.6 Å². The van der Waals surface area contributed by atoms with Gasteiger partial charge in [0, 0.05) is 13.1 Å². The highest BCUT2D eigenvalue weighted by molar-refractivity contribution is 5.72. The van der Waals surface area contributed by atoms with E-state index in [-0.39, 0.29) is 0 Å². The van der Waals surface area contributed by atoms with Crippen LogP contribution in [0.4, 0.5) is 0 Å². The first-order valence-corrected chi connectivity index (χ1v) is 6.77. The van der Waals surface area contributed by atoms with E-state index in [1.54, 1.807) is 0 Å². The normalized spacial score (nSPS) is 12.6. The van der Waals surface area contributed by atoms with E-state index in [9.17, 15) is 4.79 Å². The van der Waals surface area contributed by atoms with Crippen molar-refractivity contribution in [1.29, 1.82) is 0 Å². The number of hydrogen-bond acceptors (Lipinski definition) is 3. The third-order valence-corrected chi connectivity index (χ3v) is 3.15. The van der Waals surface area contributed by atoms with Gasteiger partial charge in [0.2, 0.25) is 0 Å². The molecular weight excluding hydrogens is 240 g/mol. The Morgan fingerprint density at radius 3 is 2.42 bits per heavy atom. The number of nitrogens with zero attached hydrogens (tertiary/aromatic N) is 1. The molecule has 0 aromatic heterocycles. The van der Waals surface area contributed by atoms with Crippen LogP contribution in [0, 0.1) is 0 Å². The van der Waals surface area contributed by atoms with Crippen LogP contribution in [-0.2, 0) is 17.8 Å². The number of hydrogen-bond donors (Lipinski definition) is 2. The maximum absolute atomic E-state index is 10.6. The van der Waals surface area contributed by atoms with Crippen molar-refractivity contribution in [2.75, 3.05) is 13.6 Å². The predicted molar refractivity (Wildman–Crippen MR) is 77.0 cm³/mol. The molecule has 0 heterocycles. The van der Waals surface area contributed by atoms with Gasteiger partial charge in [0.1, 0.15) is 6.04 Å². The van der Waals surface area contributed by atoms with E-state index >= 15 is 0 Å². The Kier molecular flexibility index (Phi) is 6.53. The summed E-state index contributed by atoms with van der Waals surface area (Å²) in [6.45, 7) is 3.68. The first-order valence-electron chi connectivity index (χ1n) is 6.77. The quantitative estimate of drug-likeness (QED) is 0.752. The average molecular weight is 264 g/mol. The van der Waals surface area contributed by atoms with Gasteiger partial charge in [0.05, 0.1) is 0 Å². The van der Waals surface area contributed by atoms with Crippen LogP contribution < -0.4 is 5.73 Å². The minimum absolute atomic E-state index is 0.472. The SMILES string of the molecule is CCCc1ccc(CN(C)CCC(N)C(=O)O)cc1. The van der Waals surface area contributed by atoms with Gasteiger partial charge in [-0.05, 0) is 31.0 Å². The predicted octanol–water partition coefficient (Wildman–Crippen LogP) is 1.87. The lowest BCUT2D eigenvalue weighted by atomic mass is 10.1.